The molecule has 0 amide bonds. The third-order valence-electron chi connectivity index (χ3n) is 9.02. The SMILES string of the molecule is O=P([O-])(O)c1ccccc1.O=P([O-])(O)c1ccccc1.O=P([O-])(O)c1ccccc1.O=P([O-])(O)c1ccccc1.[Zn+2].[Zn+2].c1cnc2c(c1)ccc1cccnc12.c1cnc2c(c1)ccc1cccnc12. The van der Waals surface area contributed by atoms with E-state index in [4.69, 9.17) is 19.6 Å². The van der Waals surface area contributed by atoms with Crippen LogP contribution in [-0.4, -0.2) is 39.5 Å². The van der Waals surface area contributed by atoms with Crippen LogP contribution in [0.1, 0.15) is 0 Å². The van der Waals surface area contributed by atoms with E-state index >= 15 is 0 Å². The van der Waals surface area contributed by atoms with E-state index in [1.165, 1.54) is 48.5 Å². The van der Waals surface area contributed by atoms with Crippen LogP contribution in [0.15, 0.2) is 219 Å². The number of pyridine rings is 4. The molecule has 0 aliphatic heterocycles. The molecule has 16 nitrogen and oxygen atoms in total. The number of rotatable bonds is 4. The first kappa shape index (κ1) is 59.1. The summed E-state index contributed by atoms with van der Waals surface area (Å²) in [5.41, 5.74) is 3.91. The molecule has 0 saturated carbocycles. The Balaban J connectivity index is 0.000000223. The second-order valence-electron chi connectivity index (χ2n) is 13.9. The molecule has 10 rings (SSSR count). The summed E-state index contributed by atoms with van der Waals surface area (Å²) < 4.78 is 41.7. The Morgan fingerprint density at radius 2 is 0.443 bits per heavy atom. The molecule has 0 spiro atoms. The molecule has 0 aliphatic carbocycles. The molecule has 4 atom stereocenters. The monoisotopic (exact) mass is 1120 g/mol. The van der Waals surface area contributed by atoms with Gasteiger partial charge in [-0.05, 0) is 24.3 Å². The van der Waals surface area contributed by atoms with Gasteiger partial charge in [0.2, 0.25) is 0 Å². The zero-order chi connectivity index (χ0) is 49.2. The number of fused-ring (bicyclic) bond motifs is 6. The van der Waals surface area contributed by atoms with Crippen LogP contribution < -0.4 is 40.8 Å². The van der Waals surface area contributed by atoms with E-state index in [2.05, 4.69) is 68.5 Å². The van der Waals surface area contributed by atoms with Crippen LogP contribution >= 0.6 is 30.4 Å². The number of hydrogen-bond acceptors (Lipinski definition) is 12. The first-order chi connectivity index (χ1) is 32.3. The molecule has 70 heavy (non-hydrogen) atoms. The predicted molar refractivity (Wildman–Crippen MR) is 258 cm³/mol. The average molecular weight is 1120 g/mol. The molecule has 0 saturated heterocycles. The van der Waals surface area contributed by atoms with Gasteiger partial charge in [0.15, 0.2) is 30.4 Å². The van der Waals surface area contributed by atoms with E-state index < -0.39 is 30.4 Å². The van der Waals surface area contributed by atoms with Gasteiger partial charge in [0, 0.05) is 67.6 Å². The molecule has 6 aromatic carbocycles. The van der Waals surface area contributed by atoms with E-state index in [9.17, 15) is 37.8 Å². The number of benzene rings is 6. The van der Waals surface area contributed by atoms with Gasteiger partial charge in [-0.15, -0.1) is 0 Å². The smallest absolute Gasteiger partial charge is 0.775 e. The third kappa shape index (κ3) is 18.9. The van der Waals surface area contributed by atoms with Crippen molar-refractivity contribution in [1.29, 1.82) is 0 Å². The predicted octanol–water partition coefficient (Wildman–Crippen LogP) is 4.99. The second kappa shape index (κ2) is 28.0. The molecule has 4 heterocycles. The van der Waals surface area contributed by atoms with Gasteiger partial charge in [0.25, 0.3) is 0 Å². The van der Waals surface area contributed by atoms with Gasteiger partial charge >= 0.3 is 39.0 Å². The van der Waals surface area contributed by atoms with E-state index in [-0.39, 0.29) is 60.2 Å². The summed E-state index contributed by atoms with van der Waals surface area (Å²) in [5, 5.41) is 4.37. The number of aromatic nitrogens is 4. The Labute approximate surface area is 427 Å². The zero-order valence-electron chi connectivity index (χ0n) is 36.8. The Hall–Kier alpha value is -5.19. The van der Waals surface area contributed by atoms with E-state index in [0.717, 1.165) is 43.6 Å². The summed E-state index contributed by atoms with van der Waals surface area (Å²) in [5.74, 6) is 0. The summed E-state index contributed by atoms with van der Waals surface area (Å²) in [6.45, 7) is 0. The summed E-state index contributed by atoms with van der Waals surface area (Å²) in [6, 6.07) is 54.1. The minimum atomic E-state index is -4.27. The number of nitrogens with zero attached hydrogens (tertiary/aromatic N) is 4. The second-order valence-corrected chi connectivity index (χ2v) is 20.1. The van der Waals surface area contributed by atoms with Gasteiger partial charge in [-0.25, -0.2) is 0 Å². The first-order valence-electron chi connectivity index (χ1n) is 19.9. The standard InChI is InChI=1S/2C12H8N2.4C6H7O3P.2Zn/c2*1-3-9-5-6-10-4-2-8-14-12(10)11(9)13-7-1;4*7-10(8,9)6-4-2-1-3-5-6;;/h2*1-8H;4*1-5H,(H2,7,8,9);;/q;;;;;;2*+2/p-4. The minimum absolute atomic E-state index is 0. The molecular weight excluding hydrogens is 1080 g/mol. The van der Waals surface area contributed by atoms with E-state index in [1.54, 1.807) is 97.6 Å². The summed E-state index contributed by atoms with van der Waals surface area (Å²) in [4.78, 5) is 93.0. The van der Waals surface area contributed by atoms with Crippen LogP contribution in [0.3, 0.4) is 0 Å². The zero-order valence-corrected chi connectivity index (χ0v) is 46.3. The maximum absolute atomic E-state index is 10.4. The van der Waals surface area contributed by atoms with Crippen molar-refractivity contribution in [3.8, 4) is 0 Å². The van der Waals surface area contributed by atoms with Gasteiger partial charge in [-0.3, -0.25) is 19.9 Å². The van der Waals surface area contributed by atoms with Crippen molar-refractivity contribution in [2.75, 3.05) is 0 Å². The fourth-order valence-electron chi connectivity index (χ4n) is 5.82. The summed E-state index contributed by atoms with van der Waals surface area (Å²) in [7, 11) is -17.1. The minimum Gasteiger partial charge on any atom is -0.775 e. The van der Waals surface area contributed by atoms with Crippen molar-refractivity contribution in [3.05, 3.63) is 219 Å². The van der Waals surface area contributed by atoms with Crippen molar-refractivity contribution in [1.82, 2.24) is 19.9 Å². The fourth-order valence-corrected chi connectivity index (χ4v) is 8.02. The van der Waals surface area contributed by atoms with Crippen molar-refractivity contribution in [3.63, 3.8) is 0 Å². The fraction of sp³-hybridized carbons (Fsp3) is 0. The molecular formula is C48H40N4O12P4Zn2. The summed E-state index contributed by atoms with van der Waals surface area (Å²) >= 11 is 0. The maximum atomic E-state index is 10.4. The van der Waals surface area contributed by atoms with Gasteiger partial charge in [0.1, 0.15) is 0 Å². The van der Waals surface area contributed by atoms with Gasteiger partial charge in [-0.2, -0.15) is 0 Å². The Bertz CT molecular complexity index is 2920. The quantitative estimate of drug-likeness (QED) is 0.103. The van der Waals surface area contributed by atoms with Crippen molar-refractivity contribution >= 4 is 95.2 Å². The Kier molecular flexibility index (Phi) is 23.6. The molecule has 4 unspecified atom stereocenters. The number of hydrogen-bond donors (Lipinski definition) is 4. The maximum Gasteiger partial charge on any atom is 2.00 e. The van der Waals surface area contributed by atoms with Crippen LogP contribution in [0.2, 0.25) is 0 Å². The third-order valence-corrected chi connectivity index (χ3v) is 12.8. The van der Waals surface area contributed by atoms with Crippen LogP contribution in [0.5, 0.6) is 0 Å². The molecule has 22 heteroatoms. The van der Waals surface area contributed by atoms with Gasteiger partial charge in [0.05, 0.1) is 22.1 Å². The average Bonchev–Trinajstić information content (AvgIpc) is 3.35. The van der Waals surface area contributed by atoms with Crippen LogP contribution in [0.4, 0.5) is 0 Å². The van der Waals surface area contributed by atoms with E-state index in [0.29, 0.717) is 0 Å². The molecule has 348 valence electrons. The van der Waals surface area contributed by atoms with Crippen LogP contribution in [0, 0.1) is 0 Å². The normalized spacial score (nSPS) is 13.6. The first-order valence-corrected chi connectivity index (χ1v) is 26.2. The molecule has 4 aromatic heterocycles. The molecule has 0 bridgehead atoms. The molecule has 4 N–H and O–H groups in total. The Morgan fingerprint density at radius 3 is 0.586 bits per heavy atom. The largest absolute Gasteiger partial charge is 2.00 e. The molecule has 10 aromatic rings. The topological polar surface area (TPSA) is 293 Å². The van der Waals surface area contributed by atoms with Crippen LogP contribution in [0.25, 0.3) is 43.6 Å². The molecule has 0 aliphatic rings. The van der Waals surface area contributed by atoms with Gasteiger partial charge < -0.3 is 57.4 Å². The van der Waals surface area contributed by atoms with Crippen molar-refractivity contribution in [2.45, 2.75) is 0 Å². The Morgan fingerprint density at radius 1 is 0.271 bits per heavy atom. The molecule has 0 radical (unpaired) electrons. The van der Waals surface area contributed by atoms with Gasteiger partial charge in [-0.1, -0.05) is 170 Å². The van der Waals surface area contributed by atoms with Crippen molar-refractivity contribution < 1.29 is 96.4 Å². The van der Waals surface area contributed by atoms with Crippen molar-refractivity contribution in [2.24, 2.45) is 0 Å². The van der Waals surface area contributed by atoms with Crippen LogP contribution in [-0.2, 0) is 57.2 Å². The van der Waals surface area contributed by atoms with E-state index in [1.807, 2.05) is 24.3 Å². The molecule has 0 fully saturated rings. The summed E-state index contributed by atoms with van der Waals surface area (Å²) in [6.07, 6.45) is 7.21.